The van der Waals surface area contributed by atoms with Gasteiger partial charge in [0.1, 0.15) is 23.1 Å². The number of piperidine rings is 1. The zero-order valence-corrected chi connectivity index (χ0v) is 24.4. The van der Waals surface area contributed by atoms with Crippen LogP contribution < -0.4 is 15.1 Å². The molecule has 1 atom stereocenters. The monoisotopic (exact) mass is 587 g/mol. The third kappa shape index (κ3) is 5.91. The molecule has 1 aromatic heterocycles. The molecule has 1 aliphatic carbocycles. The van der Waals surface area contributed by atoms with E-state index >= 15 is 0 Å². The molecular weight excluding hydrogens is 551 g/mol. The Labute approximate surface area is 242 Å². The molecule has 1 saturated heterocycles. The van der Waals surface area contributed by atoms with Gasteiger partial charge in [0, 0.05) is 43.9 Å². The van der Waals surface area contributed by atoms with Gasteiger partial charge in [0.15, 0.2) is 0 Å². The number of nitrogens with one attached hydrogen (secondary N) is 1. The SMILES string of the molecule is CSCC[C@H](Nc1ccc2nc(C3(C(F)(F)F)CC3)nc(N3CCC(c4ccccc4N(C)C)CC3)c2c1)C(=O)O. The molecule has 2 N–H and O–H groups in total. The smallest absolute Gasteiger partial charge is 0.401 e. The Balaban J connectivity index is 1.50. The first-order valence-electron chi connectivity index (χ1n) is 13.9. The van der Waals surface area contributed by atoms with Crippen LogP contribution in [-0.2, 0) is 10.2 Å². The van der Waals surface area contributed by atoms with E-state index in [9.17, 15) is 23.1 Å². The Morgan fingerprint density at radius 1 is 1.17 bits per heavy atom. The lowest BCUT2D eigenvalue weighted by atomic mass is 9.88. The first-order chi connectivity index (χ1) is 19.5. The topological polar surface area (TPSA) is 81.6 Å². The number of carbonyl (C=O) groups is 1. The number of thioether (sulfide) groups is 1. The minimum atomic E-state index is -4.42. The quantitative estimate of drug-likeness (QED) is 0.286. The summed E-state index contributed by atoms with van der Waals surface area (Å²) in [6.45, 7) is 1.28. The van der Waals surface area contributed by atoms with Gasteiger partial charge in [-0.15, -0.1) is 0 Å². The first-order valence-corrected chi connectivity index (χ1v) is 15.3. The van der Waals surface area contributed by atoms with Crippen LogP contribution in [0.25, 0.3) is 10.9 Å². The Bertz CT molecular complexity index is 1400. The molecule has 0 spiro atoms. The van der Waals surface area contributed by atoms with Gasteiger partial charge >= 0.3 is 12.1 Å². The molecule has 1 saturated carbocycles. The number of para-hydroxylation sites is 1. The van der Waals surface area contributed by atoms with Crippen molar-refractivity contribution in [3.8, 4) is 0 Å². The summed E-state index contributed by atoms with van der Waals surface area (Å²) >= 11 is 1.57. The first kappa shape index (κ1) is 29.3. The summed E-state index contributed by atoms with van der Waals surface area (Å²) in [7, 11) is 4.05. The standard InChI is InChI=1S/C30H36F3N5O2S/c1-37(2)25-7-5-4-6-21(25)19-10-15-38(16-11-19)26-22-18-20(34-24(27(39)40)12-17-41-3)8-9-23(22)35-28(36-26)29(13-14-29)30(31,32)33/h4-9,18-19,24,34H,10-17H2,1-3H3,(H,39,40)/t24-/m0/s1. The van der Waals surface area contributed by atoms with Crippen molar-refractivity contribution in [3.05, 3.63) is 53.9 Å². The second-order valence-electron chi connectivity index (χ2n) is 11.2. The highest BCUT2D eigenvalue weighted by Crippen LogP contribution is 2.58. The summed E-state index contributed by atoms with van der Waals surface area (Å²) in [5.74, 6) is 0.371. The van der Waals surface area contributed by atoms with Crippen LogP contribution in [0.3, 0.4) is 0 Å². The van der Waals surface area contributed by atoms with Gasteiger partial charge in [-0.3, -0.25) is 0 Å². The van der Waals surface area contributed by atoms with Crippen LogP contribution in [0.1, 0.15) is 49.4 Å². The number of nitrogens with zero attached hydrogens (tertiary/aromatic N) is 4. The van der Waals surface area contributed by atoms with E-state index in [0.717, 1.165) is 12.8 Å². The maximum absolute atomic E-state index is 14.1. The number of halogens is 3. The minimum absolute atomic E-state index is 0.0137. The lowest BCUT2D eigenvalue weighted by Crippen LogP contribution is -2.36. The molecule has 220 valence electrons. The molecule has 1 aliphatic heterocycles. The number of alkyl halides is 3. The highest BCUT2D eigenvalue weighted by atomic mass is 32.2. The number of hydrogen-bond acceptors (Lipinski definition) is 7. The van der Waals surface area contributed by atoms with E-state index in [4.69, 9.17) is 0 Å². The second kappa shape index (κ2) is 11.6. The van der Waals surface area contributed by atoms with Crippen molar-refractivity contribution in [1.29, 1.82) is 0 Å². The highest BCUT2D eigenvalue weighted by molar-refractivity contribution is 7.98. The molecule has 7 nitrogen and oxygen atoms in total. The molecule has 0 bridgehead atoms. The van der Waals surface area contributed by atoms with E-state index in [1.54, 1.807) is 30.0 Å². The zero-order chi connectivity index (χ0) is 29.4. The van der Waals surface area contributed by atoms with E-state index in [-0.39, 0.29) is 18.7 Å². The molecule has 2 aromatic carbocycles. The summed E-state index contributed by atoms with van der Waals surface area (Å²) in [6, 6.07) is 12.7. The molecule has 41 heavy (non-hydrogen) atoms. The number of hydrogen-bond donors (Lipinski definition) is 2. The van der Waals surface area contributed by atoms with E-state index in [1.807, 2.05) is 32.5 Å². The van der Waals surface area contributed by atoms with Crippen molar-refractivity contribution in [2.75, 3.05) is 54.3 Å². The predicted molar refractivity (Wildman–Crippen MR) is 160 cm³/mol. The fourth-order valence-corrected chi connectivity index (χ4v) is 6.22. The average molecular weight is 588 g/mol. The summed E-state index contributed by atoms with van der Waals surface area (Å²) in [5.41, 5.74) is 1.46. The van der Waals surface area contributed by atoms with E-state index < -0.39 is 23.6 Å². The van der Waals surface area contributed by atoms with Crippen molar-refractivity contribution < 1.29 is 23.1 Å². The van der Waals surface area contributed by atoms with Crippen LogP contribution in [0, 0.1) is 0 Å². The van der Waals surface area contributed by atoms with Gasteiger partial charge < -0.3 is 20.2 Å². The highest BCUT2D eigenvalue weighted by Gasteiger charge is 2.66. The number of fused-ring (bicyclic) bond motifs is 1. The summed E-state index contributed by atoms with van der Waals surface area (Å²) in [4.78, 5) is 25.1. The van der Waals surface area contributed by atoms with Crippen molar-refractivity contribution in [1.82, 2.24) is 9.97 Å². The maximum Gasteiger partial charge on any atom is 0.401 e. The van der Waals surface area contributed by atoms with E-state index in [2.05, 4.69) is 37.2 Å². The number of anilines is 3. The number of aromatic nitrogens is 2. The van der Waals surface area contributed by atoms with E-state index in [0.29, 0.717) is 53.6 Å². The molecule has 11 heteroatoms. The molecule has 2 aliphatic rings. The third-order valence-electron chi connectivity index (χ3n) is 8.30. The van der Waals surface area contributed by atoms with Crippen LogP contribution in [0.15, 0.2) is 42.5 Å². The van der Waals surface area contributed by atoms with Gasteiger partial charge in [-0.2, -0.15) is 24.9 Å². The maximum atomic E-state index is 14.1. The molecule has 3 aromatic rings. The van der Waals surface area contributed by atoms with Gasteiger partial charge in [0.05, 0.1) is 5.52 Å². The number of rotatable bonds is 10. The Morgan fingerprint density at radius 3 is 2.49 bits per heavy atom. The normalized spacial score (nSPS) is 17.9. The minimum Gasteiger partial charge on any atom is -0.480 e. The van der Waals surface area contributed by atoms with Crippen molar-refractivity contribution in [2.24, 2.45) is 0 Å². The van der Waals surface area contributed by atoms with Gasteiger partial charge in [-0.1, -0.05) is 18.2 Å². The number of aliphatic carboxylic acids is 1. The lowest BCUT2D eigenvalue weighted by Gasteiger charge is -2.35. The van der Waals surface area contributed by atoms with E-state index in [1.165, 1.54) is 11.3 Å². The van der Waals surface area contributed by atoms with Crippen molar-refractivity contribution in [2.45, 2.75) is 55.7 Å². The number of carboxylic acid groups (broad SMARTS) is 1. The molecule has 0 radical (unpaired) electrons. The van der Waals surface area contributed by atoms with Crippen LogP contribution in [0.5, 0.6) is 0 Å². The van der Waals surface area contributed by atoms with Gasteiger partial charge in [-0.05, 0) is 79.9 Å². The Kier molecular flexibility index (Phi) is 8.27. The Hall–Kier alpha value is -3.21. The third-order valence-corrected chi connectivity index (χ3v) is 8.94. The number of carboxylic acids is 1. The second-order valence-corrected chi connectivity index (χ2v) is 12.2. The Morgan fingerprint density at radius 2 is 1.88 bits per heavy atom. The molecule has 2 fully saturated rings. The van der Waals surface area contributed by atoms with Crippen molar-refractivity contribution in [3.63, 3.8) is 0 Å². The average Bonchev–Trinajstić information content (AvgIpc) is 3.77. The van der Waals surface area contributed by atoms with Crippen LogP contribution in [-0.4, -0.2) is 72.5 Å². The fraction of sp³-hybridized carbons (Fsp3) is 0.500. The van der Waals surface area contributed by atoms with Gasteiger partial charge in [-0.25, -0.2) is 14.8 Å². The summed E-state index contributed by atoms with van der Waals surface area (Å²) in [5, 5.41) is 13.4. The fourth-order valence-electron chi connectivity index (χ4n) is 5.75. The lowest BCUT2D eigenvalue weighted by molar-refractivity contribution is -0.162. The van der Waals surface area contributed by atoms with Gasteiger partial charge in [0.25, 0.3) is 0 Å². The van der Waals surface area contributed by atoms with Crippen LogP contribution in [0.4, 0.5) is 30.4 Å². The zero-order valence-electron chi connectivity index (χ0n) is 23.5. The van der Waals surface area contributed by atoms with Crippen LogP contribution in [0.2, 0.25) is 0 Å². The predicted octanol–water partition coefficient (Wildman–Crippen LogP) is 6.29. The molecule has 0 amide bonds. The van der Waals surface area contributed by atoms with Crippen molar-refractivity contribution >= 4 is 45.8 Å². The largest absolute Gasteiger partial charge is 0.480 e. The number of benzene rings is 2. The van der Waals surface area contributed by atoms with Gasteiger partial charge in [0.2, 0.25) is 0 Å². The molecule has 5 rings (SSSR count). The summed E-state index contributed by atoms with van der Waals surface area (Å²) in [6.07, 6.45) is -0.415. The molecule has 2 heterocycles. The molecular formula is C30H36F3N5O2S. The summed E-state index contributed by atoms with van der Waals surface area (Å²) < 4.78 is 42.4. The molecule has 0 unspecified atom stereocenters. The van der Waals surface area contributed by atoms with Crippen LogP contribution >= 0.6 is 11.8 Å².